The van der Waals surface area contributed by atoms with Crippen molar-refractivity contribution in [3.63, 3.8) is 0 Å². The van der Waals surface area contributed by atoms with Gasteiger partial charge in [0.1, 0.15) is 18.3 Å². The van der Waals surface area contributed by atoms with Gasteiger partial charge in [-0.1, -0.05) is 42.5 Å². The Bertz CT molecular complexity index is 1540. The number of rotatable bonds is 5. The molecule has 1 N–H and O–H groups in total. The van der Waals surface area contributed by atoms with Gasteiger partial charge in [-0.2, -0.15) is 0 Å². The van der Waals surface area contributed by atoms with Crippen molar-refractivity contribution in [3.8, 4) is 5.75 Å². The normalized spacial score (nSPS) is 18.8. The smallest absolute Gasteiger partial charge is 0.337 e. The molecule has 8 nitrogen and oxygen atoms in total. The molecule has 1 saturated heterocycles. The van der Waals surface area contributed by atoms with E-state index in [1.165, 1.54) is 7.11 Å². The summed E-state index contributed by atoms with van der Waals surface area (Å²) in [6.45, 7) is 0.339. The highest BCUT2D eigenvalue weighted by molar-refractivity contribution is 5.97. The average Bonchev–Trinajstić information content (AvgIpc) is 3.33. The van der Waals surface area contributed by atoms with Gasteiger partial charge >= 0.3 is 5.97 Å². The maximum atomic E-state index is 13.9. The number of esters is 1. The molecule has 0 saturated carbocycles. The number of carbonyl (C=O) groups excluding carboxylic acids is 3. The molecule has 8 heteroatoms. The number of H-pyrrole nitrogens is 1. The number of nitrogens with one attached hydrogen (secondary N) is 1. The number of methoxy groups -OCH3 is 2. The summed E-state index contributed by atoms with van der Waals surface area (Å²) in [5.74, 6) is 0.117. The summed E-state index contributed by atoms with van der Waals surface area (Å²) in [5, 5.41) is 1.05. The maximum absolute atomic E-state index is 13.9. The van der Waals surface area contributed by atoms with Crippen molar-refractivity contribution in [2.75, 3.05) is 20.8 Å². The number of amides is 2. The SMILES string of the molecule is COC(=O)c1ccc([C@H]2c3[nH]c4ccccc4c3C[C@H]3C(=O)N(Cc4ccc(OC)cc4)CC(=O)N23)cc1. The van der Waals surface area contributed by atoms with Gasteiger partial charge in [-0.25, -0.2) is 4.79 Å². The topological polar surface area (TPSA) is 91.9 Å². The van der Waals surface area contributed by atoms with Gasteiger partial charge < -0.3 is 24.3 Å². The number of benzene rings is 3. The van der Waals surface area contributed by atoms with Crippen LogP contribution in [-0.4, -0.2) is 59.4 Å². The molecule has 0 unspecified atom stereocenters. The number of aromatic amines is 1. The molecule has 2 amide bonds. The quantitative estimate of drug-likeness (QED) is 0.413. The highest BCUT2D eigenvalue weighted by atomic mass is 16.5. The Labute approximate surface area is 219 Å². The maximum Gasteiger partial charge on any atom is 0.337 e. The molecule has 1 aromatic heterocycles. The Kier molecular flexibility index (Phi) is 5.87. The number of para-hydroxylation sites is 1. The van der Waals surface area contributed by atoms with Crippen molar-refractivity contribution in [3.05, 3.63) is 101 Å². The zero-order valence-electron chi connectivity index (χ0n) is 21.1. The molecule has 6 rings (SSSR count). The fraction of sp³-hybridized carbons (Fsp3) is 0.233. The van der Waals surface area contributed by atoms with Gasteiger partial charge in [0.25, 0.3) is 0 Å². The number of hydrogen-bond acceptors (Lipinski definition) is 5. The van der Waals surface area contributed by atoms with Gasteiger partial charge in [0.2, 0.25) is 11.8 Å². The largest absolute Gasteiger partial charge is 0.497 e. The Morgan fingerprint density at radius 3 is 2.42 bits per heavy atom. The lowest BCUT2D eigenvalue weighted by Crippen LogP contribution is -2.62. The minimum atomic E-state index is -0.633. The highest BCUT2D eigenvalue weighted by Gasteiger charge is 2.48. The molecule has 38 heavy (non-hydrogen) atoms. The molecular formula is C30H27N3O5. The molecule has 2 atom stereocenters. The first-order chi connectivity index (χ1) is 18.5. The molecule has 0 spiro atoms. The molecule has 2 aliphatic rings. The van der Waals surface area contributed by atoms with Crippen LogP contribution in [0.5, 0.6) is 5.75 Å². The van der Waals surface area contributed by atoms with Gasteiger partial charge in [-0.05, 0) is 47.0 Å². The monoisotopic (exact) mass is 509 g/mol. The van der Waals surface area contributed by atoms with Crippen molar-refractivity contribution in [2.24, 2.45) is 0 Å². The van der Waals surface area contributed by atoms with Crippen LogP contribution in [0.25, 0.3) is 10.9 Å². The fourth-order valence-electron chi connectivity index (χ4n) is 5.67. The molecule has 0 bridgehead atoms. The van der Waals surface area contributed by atoms with Crippen molar-refractivity contribution < 1.29 is 23.9 Å². The van der Waals surface area contributed by atoms with Crippen LogP contribution in [0.2, 0.25) is 0 Å². The van der Waals surface area contributed by atoms with E-state index in [4.69, 9.17) is 9.47 Å². The van der Waals surface area contributed by atoms with E-state index in [2.05, 4.69) is 4.98 Å². The summed E-state index contributed by atoms with van der Waals surface area (Å²) in [7, 11) is 2.95. The Morgan fingerprint density at radius 2 is 1.71 bits per heavy atom. The van der Waals surface area contributed by atoms with Gasteiger partial charge in [0.15, 0.2) is 0 Å². The Morgan fingerprint density at radius 1 is 0.974 bits per heavy atom. The van der Waals surface area contributed by atoms with Crippen LogP contribution in [0.15, 0.2) is 72.8 Å². The van der Waals surface area contributed by atoms with E-state index in [-0.39, 0.29) is 18.4 Å². The number of nitrogens with zero attached hydrogens (tertiary/aromatic N) is 2. The third kappa shape index (κ3) is 3.89. The molecule has 4 aromatic rings. The molecular weight excluding hydrogens is 482 g/mol. The zero-order valence-corrected chi connectivity index (χ0v) is 21.1. The minimum Gasteiger partial charge on any atom is -0.497 e. The molecule has 2 aliphatic heterocycles. The molecule has 192 valence electrons. The van der Waals surface area contributed by atoms with E-state index in [1.807, 2.05) is 60.7 Å². The second-order valence-corrected chi connectivity index (χ2v) is 9.64. The third-order valence-corrected chi connectivity index (χ3v) is 7.52. The van der Waals surface area contributed by atoms with Crippen molar-refractivity contribution in [1.82, 2.24) is 14.8 Å². The van der Waals surface area contributed by atoms with Crippen molar-refractivity contribution in [1.29, 1.82) is 0 Å². The van der Waals surface area contributed by atoms with E-state index in [9.17, 15) is 14.4 Å². The second kappa shape index (κ2) is 9.37. The number of ether oxygens (including phenoxy) is 2. The average molecular weight is 510 g/mol. The number of carbonyl (C=O) groups is 3. The van der Waals surface area contributed by atoms with Crippen LogP contribution in [0.1, 0.15) is 38.8 Å². The first-order valence-corrected chi connectivity index (χ1v) is 12.5. The van der Waals surface area contributed by atoms with Gasteiger partial charge in [-0.3, -0.25) is 9.59 Å². The van der Waals surface area contributed by atoms with Gasteiger partial charge in [0.05, 0.1) is 25.8 Å². The van der Waals surface area contributed by atoms with Crippen LogP contribution >= 0.6 is 0 Å². The summed E-state index contributed by atoms with van der Waals surface area (Å²) in [5.41, 5.74) is 5.07. The molecule has 0 radical (unpaired) electrons. The van der Waals surface area contributed by atoms with E-state index < -0.39 is 18.1 Å². The van der Waals surface area contributed by atoms with E-state index in [0.29, 0.717) is 18.5 Å². The zero-order chi connectivity index (χ0) is 26.4. The van der Waals surface area contributed by atoms with Crippen molar-refractivity contribution in [2.45, 2.75) is 25.0 Å². The molecule has 0 aliphatic carbocycles. The lowest BCUT2D eigenvalue weighted by Gasteiger charge is -2.47. The summed E-state index contributed by atoms with van der Waals surface area (Å²) in [6.07, 6.45) is 0.430. The fourth-order valence-corrected chi connectivity index (χ4v) is 5.67. The van der Waals surface area contributed by atoms with E-state index in [1.54, 1.807) is 29.0 Å². The van der Waals surface area contributed by atoms with Crippen LogP contribution in [0, 0.1) is 0 Å². The van der Waals surface area contributed by atoms with E-state index in [0.717, 1.165) is 39.0 Å². The molecule has 1 fully saturated rings. The first-order valence-electron chi connectivity index (χ1n) is 12.5. The van der Waals surface area contributed by atoms with E-state index >= 15 is 0 Å². The van der Waals surface area contributed by atoms with Crippen LogP contribution in [0.4, 0.5) is 0 Å². The van der Waals surface area contributed by atoms with Crippen LogP contribution in [0.3, 0.4) is 0 Å². The number of fused-ring (bicyclic) bond motifs is 4. The summed E-state index contributed by atoms with van der Waals surface area (Å²) in [4.78, 5) is 46.5. The molecule has 3 aromatic carbocycles. The van der Waals surface area contributed by atoms with Crippen LogP contribution in [-0.2, 0) is 27.3 Å². The standard InChI is InChI=1S/C30H27N3O5/c1-37-21-13-7-18(8-14-21)16-32-17-26(34)33-25(29(32)35)15-23-22-5-3-4-6-24(22)31-27(23)28(33)19-9-11-20(12-10-19)30(36)38-2/h3-14,25,28,31H,15-17H2,1-2H3/t25-,28-/m0/s1. The Hall–Kier alpha value is -4.59. The third-order valence-electron chi connectivity index (χ3n) is 7.52. The van der Waals surface area contributed by atoms with Crippen LogP contribution < -0.4 is 4.74 Å². The van der Waals surface area contributed by atoms with Crippen molar-refractivity contribution >= 4 is 28.7 Å². The molecule has 3 heterocycles. The highest BCUT2D eigenvalue weighted by Crippen LogP contribution is 2.42. The summed E-state index contributed by atoms with van der Waals surface area (Å²) < 4.78 is 10.1. The Balaban J connectivity index is 1.40. The number of hydrogen-bond donors (Lipinski definition) is 1. The predicted molar refractivity (Wildman–Crippen MR) is 141 cm³/mol. The van der Waals surface area contributed by atoms with Gasteiger partial charge in [-0.15, -0.1) is 0 Å². The number of piperazine rings is 1. The van der Waals surface area contributed by atoms with Gasteiger partial charge in [0, 0.05) is 29.6 Å². The lowest BCUT2D eigenvalue weighted by atomic mass is 9.86. The number of aromatic nitrogens is 1. The second-order valence-electron chi connectivity index (χ2n) is 9.64. The minimum absolute atomic E-state index is 0.00628. The summed E-state index contributed by atoms with van der Waals surface area (Å²) in [6, 6.07) is 21.4. The lowest BCUT2D eigenvalue weighted by molar-refractivity contribution is -0.159. The summed E-state index contributed by atoms with van der Waals surface area (Å²) >= 11 is 0. The first kappa shape index (κ1) is 23.8. The predicted octanol–water partition coefficient (Wildman–Crippen LogP) is 3.85.